The molecule has 0 bridgehead atoms. The van der Waals surface area contributed by atoms with Gasteiger partial charge in [0.1, 0.15) is 28.5 Å². The first kappa shape index (κ1) is 24.5. The molecule has 0 unspecified atom stereocenters. The van der Waals surface area contributed by atoms with Gasteiger partial charge in [-0.25, -0.2) is 22.2 Å². The molecule has 0 amide bonds. The van der Waals surface area contributed by atoms with E-state index in [1.165, 1.54) is 14.0 Å². The second-order valence-electron chi connectivity index (χ2n) is 7.75. The largest absolute Gasteiger partial charge is 0.431 e. The third-order valence-corrected chi connectivity index (χ3v) is 7.27. The van der Waals surface area contributed by atoms with Crippen LogP contribution < -0.4 is 5.56 Å². The number of alkyl halides is 3. The standard InChI is InChI=1S/C22H17F5N4O3S/c1-4-35(33,34)16-7-12(11-5-13(23)8-14(24)6-11)10-28-18(16)20-29-15-9-17(22(25,26)27)30(2)21(32)19(15)31(20)3/h5-10H,4H2,1-3H3. The minimum Gasteiger partial charge on any atom is -0.321 e. The highest BCUT2D eigenvalue weighted by atomic mass is 32.2. The van der Waals surface area contributed by atoms with Crippen LogP contribution >= 0.6 is 0 Å². The van der Waals surface area contributed by atoms with E-state index in [-0.39, 0.29) is 44.3 Å². The highest BCUT2D eigenvalue weighted by molar-refractivity contribution is 7.91. The van der Waals surface area contributed by atoms with Crippen molar-refractivity contribution in [1.82, 2.24) is 19.1 Å². The van der Waals surface area contributed by atoms with Crippen LogP contribution in [0.1, 0.15) is 12.6 Å². The lowest BCUT2D eigenvalue weighted by Gasteiger charge is -2.12. The molecule has 0 fully saturated rings. The molecule has 7 nitrogen and oxygen atoms in total. The van der Waals surface area contributed by atoms with E-state index in [1.807, 2.05) is 0 Å². The normalized spacial score (nSPS) is 12.5. The lowest BCUT2D eigenvalue weighted by Crippen LogP contribution is -2.26. The van der Waals surface area contributed by atoms with Gasteiger partial charge in [0.05, 0.1) is 16.2 Å². The van der Waals surface area contributed by atoms with Gasteiger partial charge in [-0.2, -0.15) is 13.2 Å². The Morgan fingerprint density at radius 3 is 2.14 bits per heavy atom. The average molecular weight is 512 g/mol. The van der Waals surface area contributed by atoms with Crippen molar-refractivity contribution in [3.63, 3.8) is 0 Å². The lowest BCUT2D eigenvalue weighted by molar-refractivity contribution is -0.143. The smallest absolute Gasteiger partial charge is 0.321 e. The number of benzene rings is 1. The molecule has 3 aromatic heterocycles. The van der Waals surface area contributed by atoms with E-state index < -0.39 is 38.9 Å². The predicted molar refractivity (Wildman–Crippen MR) is 117 cm³/mol. The van der Waals surface area contributed by atoms with Gasteiger partial charge in [0.2, 0.25) is 0 Å². The number of sulfone groups is 1. The van der Waals surface area contributed by atoms with Crippen molar-refractivity contribution in [2.24, 2.45) is 14.1 Å². The van der Waals surface area contributed by atoms with Crippen LogP contribution in [0.5, 0.6) is 0 Å². The summed E-state index contributed by atoms with van der Waals surface area (Å²) in [6.45, 7) is 1.37. The minimum atomic E-state index is -4.82. The molecule has 184 valence electrons. The second-order valence-corrected chi connectivity index (χ2v) is 10.00. The monoisotopic (exact) mass is 512 g/mol. The summed E-state index contributed by atoms with van der Waals surface area (Å²) in [6, 6.07) is 4.51. The van der Waals surface area contributed by atoms with Gasteiger partial charge in [-0.05, 0) is 29.8 Å². The lowest BCUT2D eigenvalue weighted by atomic mass is 10.1. The van der Waals surface area contributed by atoms with Crippen molar-refractivity contribution in [1.29, 1.82) is 0 Å². The Kier molecular flexibility index (Phi) is 5.78. The van der Waals surface area contributed by atoms with Gasteiger partial charge in [-0.1, -0.05) is 6.92 Å². The molecule has 4 rings (SSSR count). The second kappa shape index (κ2) is 8.26. The van der Waals surface area contributed by atoms with Gasteiger partial charge in [0, 0.05) is 31.9 Å². The van der Waals surface area contributed by atoms with Gasteiger partial charge in [0.15, 0.2) is 15.7 Å². The molecule has 0 aliphatic rings. The zero-order chi connectivity index (χ0) is 25.9. The van der Waals surface area contributed by atoms with Crippen molar-refractivity contribution in [3.05, 3.63) is 64.2 Å². The number of hydrogen-bond acceptors (Lipinski definition) is 5. The van der Waals surface area contributed by atoms with Gasteiger partial charge >= 0.3 is 6.18 Å². The summed E-state index contributed by atoms with van der Waals surface area (Å²) in [6.07, 6.45) is -3.66. The Morgan fingerprint density at radius 1 is 0.943 bits per heavy atom. The summed E-state index contributed by atoms with van der Waals surface area (Å²) in [5.74, 6) is -2.29. The van der Waals surface area contributed by atoms with Crippen molar-refractivity contribution >= 4 is 20.9 Å². The van der Waals surface area contributed by atoms with E-state index in [0.717, 1.165) is 36.0 Å². The fourth-order valence-corrected chi connectivity index (χ4v) is 4.79. The van der Waals surface area contributed by atoms with Crippen LogP contribution in [0.2, 0.25) is 0 Å². The summed E-state index contributed by atoms with van der Waals surface area (Å²) in [5.41, 5.74) is -2.79. The third kappa shape index (κ3) is 4.20. The first-order chi connectivity index (χ1) is 16.2. The van der Waals surface area contributed by atoms with Gasteiger partial charge < -0.3 is 9.13 Å². The van der Waals surface area contributed by atoms with Crippen LogP contribution in [0.25, 0.3) is 33.7 Å². The minimum absolute atomic E-state index is 0.0304. The molecule has 0 radical (unpaired) electrons. The Balaban J connectivity index is 2.02. The summed E-state index contributed by atoms with van der Waals surface area (Å²) in [7, 11) is -1.68. The molecular formula is C22H17F5N4O3S. The first-order valence-electron chi connectivity index (χ1n) is 10.1. The Morgan fingerprint density at radius 2 is 1.57 bits per heavy atom. The number of aromatic nitrogens is 4. The summed E-state index contributed by atoms with van der Waals surface area (Å²) in [4.78, 5) is 20.6. The van der Waals surface area contributed by atoms with E-state index >= 15 is 0 Å². The summed E-state index contributed by atoms with van der Waals surface area (Å²) < 4.78 is 95.0. The zero-order valence-electron chi connectivity index (χ0n) is 18.5. The van der Waals surface area contributed by atoms with Gasteiger partial charge in [0.25, 0.3) is 5.56 Å². The van der Waals surface area contributed by atoms with E-state index in [1.54, 1.807) is 0 Å². The number of aryl methyl sites for hydroxylation is 1. The van der Waals surface area contributed by atoms with E-state index in [4.69, 9.17) is 0 Å². The number of hydrogen-bond donors (Lipinski definition) is 0. The third-order valence-electron chi connectivity index (χ3n) is 5.53. The van der Waals surface area contributed by atoms with Crippen LogP contribution in [0, 0.1) is 11.6 Å². The van der Waals surface area contributed by atoms with Crippen LogP contribution in [0.4, 0.5) is 22.0 Å². The maximum absolute atomic E-state index is 13.7. The van der Waals surface area contributed by atoms with Gasteiger partial charge in [-0.3, -0.25) is 9.78 Å². The molecule has 0 saturated carbocycles. The van der Waals surface area contributed by atoms with E-state index in [2.05, 4.69) is 9.97 Å². The quantitative estimate of drug-likeness (QED) is 0.385. The number of fused-ring (bicyclic) bond motifs is 1. The van der Waals surface area contributed by atoms with Crippen LogP contribution in [0.15, 0.2) is 46.2 Å². The Labute approximate surface area is 195 Å². The van der Waals surface area contributed by atoms with Crippen LogP contribution in [0.3, 0.4) is 0 Å². The van der Waals surface area contributed by atoms with Crippen LogP contribution in [-0.4, -0.2) is 33.3 Å². The molecule has 0 saturated heterocycles. The van der Waals surface area contributed by atoms with Gasteiger partial charge in [-0.15, -0.1) is 0 Å². The molecular weight excluding hydrogens is 495 g/mol. The maximum atomic E-state index is 13.7. The molecule has 13 heteroatoms. The Hall–Kier alpha value is -3.61. The summed E-state index contributed by atoms with van der Waals surface area (Å²) >= 11 is 0. The maximum Gasteiger partial charge on any atom is 0.431 e. The fourth-order valence-electron chi connectivity index (χ4n) is 3.74. The van der Waals surface area contributed by atoms with Crippen molar-refractivity contribution in [3.8, 4) is 22.6 Å². The fraction of sp³-hybridized carbons (Fsp3) is 0.227. The number of imidazole rings is 1. The molecule has 0 spiro atoms. The molecule has 4 aromatic rings. The van der Waals surface area contributed by atoms with E-state index in [0.29, 0.717) is 16.7 Å². The first-order valence-corrected chi connectivity index (χ1v) is 11.7. The number of nitrogens with zero attached hydrogens (tertiary/aromatic N) is 4. The highest BCUT2D eigenvalue weighted by Gasteiger charge is 2.35. The molecule has 0 atom stereocenters. The van der Waals surface area contributed by atoms with Crippen molar-refractivity contribution < 1.29 is 30.4 Å². The average Bonchev–Trinajstić information content (AvgIpc) is 3.10. The molecule has 0 N–H and O–H groups in total. The molecule has 0 aliphatic heterocycles. The number of halogens is 5. The topological polar surface area (TPSA) is 86.8 Å². The molecule has 35 heavy (non-hydrogen) atoms. The van der Waals surface area contributed by atoms with Crippen LogP contribution in [-0.2, 0) is 30.1 Å². The van der Waals surface area contributed by atoms with Crippen molar-refractivity contribution in [2.75, 3.05) is 5.75 Å². The molecule has 3 heterocycles. The summed E-state index contributed by atoms with van der Waals surface area (Å²) in [5, 5.41) is 0. The number of pyridine rings is 2. The SMILES string of the molecule is CCS(=O)(=O)c1cc(-c2cc(F)cc(F)c2)cnc1-c1nc2cc(C(F)(F)F)n(C)c(=O)c2n1C. The highest BCUT2D eigenvalue weighted by Crippen LogP contribution is 2.34. The Bertz CT molecular complexity index is 1640. The molecule has 0 aliphatic carbocycles. The van der Waals surface area contributed by atoms with Crippen molar-refractivity contribution in [2.45, 2.75) is 18.0 Å². The van der Waals surface area contributed by atoms with E-state index in [9.17, 15) is 35.2 Å². The zero-order valence-corrected chi connectivity index (χ0v) is 19.3. The number of rotatable bonds is 4. The molecule has 1 aromatic carbocycles. The predicted octanol–water partition coefficient (Wildman–Crippen LogP) is 4.09.